The van der Waals surface area contributed by atoms with Gasteiger partial charge in [-0.3, -0.25) is 0 Å². The standard InChI is InChI=1S/C18H23FN4O/c19-17-3-1-15(2-4-17)13-16-5-9-23(10-6-16)18(24)21-8-12-22-11-7-20-14-22/h1-4,7,11,14,16H,5-6,8-10,12-13H2,(H,21,24). The molecular formula is C18H23FN4O. The molecule has 1 N–H and O–H groups in total. The number of piperidine rings is 1. The van der Waals surface area contributed by atoms with Crippen LogP contribution in [0.1, 0.15) is 18.4 Å². The number of hydrogen-bond donors (Lipinski definition) is 1. The molecule has 0 saturated carbocycles. The Morgan fingerprint density at radius 1 is 1.25 bits per heavy atom. The second kappa shape index (κ2) is 7.95. The summed E-state index contributed by atoms with van der Waals surface area (Å²) in [6, 6.07) is 6.74. The van der Waals surface area contributed by atoms with Crippen molar-refractivity contribution in [3.8, 4) is 0 Å². The van der Waals surface area contributed by atoms with Crippen LogP contribution in [0.4, 0.5) is 9.18 Å². The van der Waals surface area contributed by atoms with Gasteiger partial charge in [-0.1, -0.05) is 12.1 Å². The zero-order chi connectivity index (χ0) is 16.8. The number of aromatic nitrogens is 2. The highest BCUT2D eigenvalue weighted by atomic mass is 19.1. The summed E-state index contributed by atoms with van der Waals surface area (Å²) in [7, 11) is 0. The monoisotopic (exact) mass is 330 g/mol. The fraction of sp³-hybridized carbons (Fsp3) is 0.444. The van der Waals surface area contributed by atoms with Crippen LogP contribution < -0.4 is 5.32 Å². The zero-order valence-corrected chi connectivity index (χ0v) is 13.7. The second-order valence-electron chi connectivity index (χ2n) is 6.29. The molecule has 0 unspecified atom stereocenters. The molecule has 0 bridgehead atoms. The summed E-state index contributed by atoms with van der Waals surface area (Å²) in [5.41, 5.74) is 1.17. The topological polar surface area (TPSA) is 50.2 Å². The molecule has 5 nitrogen and oxygen atoms in total. The summed E-state index contributed by atoms with van der Waals surface area (Å²) < 4.78 is 14.9. The Morgan fingerprint density at radius 2 is 2.00 bits per heavy atom. The minimum absolute atomic E-state index is 0.00958. The minimum Gasteiger partial charge on any atom is -0.336 e. The van der Waals surface area contributed by atoms with Crippen LogP contribution in [0.2, 0.25) is 0 Å². The Hall–Kier alpha value is -2.37. The Kier molecular flexibility index (Phi) is 5.46. The van der Waals surface area contributed by atoms with E-state index in [2.05, 4.69) is 10.3 Å². The molecule has 1 aliphatic heterocycles. The van der Waals surface area contributed by atoms with E-state index in [0.29, 0.717) is 12.5 Å². The third kappa shape index (κ3) is 4.57. The van der Waals surface area contributed by atoms with E-state index in [-0.39, 0.29) is 11.8 Å². The molecule has 0 atom stereocenters. The quantitative estimate of drug-likeness (QED) is 0.916. The van der Waals surface area contributed by atoms with Crippen LogP contribution in [0.25, 0.3) is 0 Å². The Morgan fingerprint density at radius 3 is 2.67 bits per heavy atom. The second-order valence-corrected chi connectivity index (χ2v) is 6.29. The maximum Gasteiger partial charge on any atom is 0.317 e. The van der Waals surface area contributed by atoms with Crippen molar-refractivity contribution < 1.29 is 9.18 Å². The third-order valence-electron chi connectivity index (χ3n) is 4.54. The molecule has 3 rings (SSSR count). The number of halogens is 1. The Balaban J connectivity index is 1.38. The van der Waals surface area contributed by atoms with E-state index in [1.54, 1.807) is 12.5 Å². The van der Waals surface area contributed by atoms with E-state index in [0.717, 1.165) is 38.9 Å². The predicted molar refractivity (Wildman–Crippen MR) is 90.0 cm³/mol. The molecule has 128 valence electrons. The smallest absolute Gasteiger partial charge is 0.317 e. The van der Waals surface area contributed by atoms with Crippen LogP contribution in [0, 0.1) is 11.7 Å². The molecule has 0 aliphatic carbocycles. The van der Waals surface area contributed by atoms with E-state index in [9.17, 15) is 9.18 Å². The van der Waals surface area contributed by atoms with Crippen molar-refractivity contribution in [1.29, 1.82) is 0 Å². The highest BCUT2D eigenvalue weighted by molar-refractivity contribution is 5.74. The van der Waals surface area contributed by atoms with Gasteiger partial charge in [-0.25, -0.2) is 14.2 Å². The van der Waals surface area contributed by atoms with Crippen LogP contribution in [-0.2, 0) is 13.0 Å². The Bertz CT molecular complexity index is 634. The molecule has 1 aromatic carbocycles. The van der Waals surface area contributed by atoms with Crippen molar-refractivity contribution in [1.82, 2.24) is 19.8 Å². The van der Waals surface area contributed by atoms with E-state index in [1.807, 2.05) is 27.8 Å². The summed E-state index contributed by atoms with van der Waals surface area (Å²) in [6.45, 7) is 2.89. The first-order chi connectivity index (χ1) is 11.7. The number of nitrogens with zero attached hydrogens (tertiary/aromatic N) is 3. The number of rotatable bonds is 5. The third-order valence-corrected chi connectivity index (χ3v) is 4.54. The maximum atomic E-state index is 12.9. The molecule has 1 saturated heterocycles. The van der Waals surface area contributed by atoms with Gasteiger partial charge in [0.2, 0.25) is 0 Å². The zero-order valence-electron chi connectivity index (χ0n) is 13.7. The van der Waals surface area contributed by atoms with Gasteiger partial charge in [0.1, 0.15) is 5.82 Å². The fourth-order valence-corrected chi connectivity index (χ4v) is 3.12. The first kappa shape index (κ1) is 16.5. The van der Waals surface area contributed by atoms with Gasteiger partial charge in [0, 0.05) is 38.6 Å². The Labute approximate surface area is 141 Å². The average molecular weight is 330 g/mol. The van der Waals surface area contributed by atoms with Crippen molar-refractivity contribution in [2.45, 2.75) is 25.8 Å². The van der Waals surface area contributed by atoms with Gasteiger partial charge in [-0.05, 0) is 42.9 Å². The van der Waals surface area contributed by atoms with Crippen LogP contribution >= 0.6 is 0 Å². The highest BCUT2D eigenvalue weighted by Crippen LogP contribution is 2.21. The first-order valence-electron chi connectivity index (χ1n) is 8.43. The molecule has 1 aliphatic rings. The van der Waals surface area contributed by atoms with Gasteiger partial charge in [0.25, 0.3) is 0 Å². The molecule has 6 heteroatoms. The van der Waals surface area contributed by atoms with Crippen LogP contribution in [0.5, 0.6) is 0 Å². The van der Waals surface area contributed by atoms with Crippen molar-refractivity contribution >= 4 is 6.03 Å². The largest absolute Gasteiger partial charge is 0.336 e. The molecular weight excluding hydrogens is 307 g/mol. The number of benzene rings is 1. The van der Waals surface area contributed by atoms with Crippen molar-refractivity contribution in [2.24, 2.45) is 5.92 Å². The number of hydrogen-bond acceptors (Lipinski definition) is 2. The number of likely N-dealkylation sites (tertiary alicyclic amines) is 1. The average Bonchev–Trinajstić information content (AvgIpc) is 3.11. The van der Waals surface area contributed by atoms with E-state index < -0.39 is 0 Å². The maximum absolute atomic E-state index is 12.9. The van der Waals surface area contributed by atoms with Gasteiger partial charge in [0.05, 0.1) is 6.33 Å². The molecule has 24 heavy (non-hydrogen) atoms. The molecule has 1 fully saturated rings. The molecule has 2 heterocycles. The lowest BCUT2D eigenvalue weighted by Crippen LogP contribution is -2.45. The molecule has 1 aromatic heterocycles. The fourth-order valence-electron chi connectivity index (χ4n) is 3.12. The number of amides is 2. The van der Waals surface area contributed by atoms with Gasteiger partial charge in [-0.2, -0.15) is 0 Å². The van der Waals surface area contributed by atoms with E-state index in [1.165, 1.54) is 17.7 Å². The lowest BCUT2D eigenvalue weighted by atomic mass is 9.90. The van der Waals surface area contributed by atoms with Gasteiger partial charge in [0.15, 0.2) is 0 Å². The molecule has 2 amide bonds. The normalized spacial score (nSPS) is 15.5. The highest BCUT2D eigenvalue weighted by Gasteiger charge is 2.22. The first-order valence-corrected chi connectivity index (χ1v) is 8.43. The van der Waals surface area contributed by atoms with Crippen LogP contribution in [0.3, 0.4) is 0 Å². The molecule has 2 aromatic rings. The van der Waals surface area contributed by atoms with E-state index >= 15 is 0 Å². The molecule has 0 spiro atoms. The van der Waals surface area contributed by atoms with Crippen LogP contribution in [-0.4, -0.2) is 40.1 Å². The van der Waals surface area contributed by atoms with Gasteiger partial charge >= 0.3 is 6.03 Å². The molecule has 0 radical (unpaired) electrons. The van der Waals surface area contributed by atoms with Crippen molar-refractivity contribution in [3.63, 3.8) is 0 Å². The number of urea groups is 1. The summed E-state index contributed by atoms with van der Waals surface area (Å²) in [5, 5.41) is 2.96. The predicted octanol–water partition coefficient (Wildman–Crippen LogP) is 2.69. The number of carbonyl (C=O) groups excluding carboxylic acids is 1. The van der Waals surface area contributed by atoms with Crippen LogP contribution in [0.15, 0.2) is 43.0 Å². The summed E-state index contributed by atoms with van der Waals surface area (Å²) >= 11 is 0. The van der Waals surface area contributed by atoms with Crippen molar-refractivity contribution in [3.05, 3.63) is 54.4 Å². The lowest BCUT2D eigenvalue weighted by molar-refractivity contribution is 0.170. The number of imidazole rings is 1. The summed E-state index contributed by atoms with van der Waals surface area (Å²) in [5.74, 6) is 0.367. The number of carbonyl (C=O) groups is 1. The minimum atomic E-state index is -0.194. The number of nitrogens with one attached hydrogen (secondary N) is 1. The SMILES string of the molecule is O=C(NCCn1ccnc1)N1CCC(Cc2ccc(F)cc2)CC1. The lowest BCUT2D eigenvalue weighted by Gasteiger charge is -2.32. The summed E-state index contributed by atoms with van der Waals surface area (Å²) in [4.78, 5) is 18.0. The van der Waals surface area contributed by atoms with Gasteiger partial charge < -0.3 is 14.8 Å². The summed E-state index contributed by atoms with van der Waals surface area (Å²) in [6.07, 6.45) is 8.29. The van der Waals surface area contributed by atoms with Gasteiger partial charge in [-0.15, -0.1) is 0 Å². The van der Waals surface area contributed by atoms with E-state index in [4.69, 9.17) is 0 Å². The van der Waals surface area contributed by atoms with Crippen molar-refractivity contribution in [2.75, 3.05) is 19.6 Å².